The van der Waals surface area contributed by atoms with E-state index in [2.05, 4.69) is 6.08 Å². The molecule has 0 aliphatic heterocycles. The first-order valence-electron chi connectivity index (χ1n) is 8.41. The number of nitrogens with two attached hydrogens (primary N) is 3. The van der Waals surface area contributed by atoms with E-state index in [1.54, 1.807) is 12.2 Å². The van der Waals surface area contributed by atoms with E-state index >= 15 is 0 Å². The fraction of sp³-hybridized carbons (Fsp3) is 0.611. The van der Waals surface area contributed by atoms with Crippen molar-refractivity contribution in [3.63, 3.8) is 0 Å². The Kier molecular flexibility index (Phi) is 3.03. The molecule has 5 atom stereocenters. The Balaban J connectivity index is 1.75. The summed E-state index contributed by atoms with van der Waals surface area (Å²) in [6.45, 7) is 0. The molecule has 2 fully saturated rings. The molecule has 4 aliphatic carbocycles. The molecule has 2 unspecified atom stereocenters. The zero-order valence-electron chi connectivity index (χ0n) is 12.9. The van der Waals surface area contributed by atoms with Crippen LogP contribution in [0.5, 0.6) is 0 Å². The second-order valence-corrected chi connectivity index (χ2v) is 7.59. The van der Waals surface area contributed by atoms with Crippen molar-refractivity contribution < 1.29 is 4.79 Å². The molecule has 0 bridgehead atoms. The van der Waals surface area contributed by atoms with Crippen LogP contribution in [0.3, 0.4) is 0 Å². The van der Waals surface area contributed by atoms with Gasteiger partial charge in [-0.2, -0.15) is 0 Å². The van der Waals surface area contributed by atoms with Gasteiger partial charge in [0, 0.05) is 23.0 Å². The van der Waals surface area contributed by atoms with Gasteiger partial charge in [-0.15, -0.1) is 0 Å². The summed E-state index contributed by atoms with van der Waals surface area (Å²) in [4.78, 5) is 11.7. The Morgan fingerprint density at radius 1 is 1.05 bits per heavy atom. The average Bonchev–Trinajstić information content (AvgIpc) is 2.64. The lowest BCUT2D eigenvalue weighted by Gasteiger charge is -2.52. The largest absolute Gasteiger partial charge is 0.326 e. The molecule has 0 heterocycles. The molecule has 0 saturated heterocycles. The summed E-state index contributed by atoms with van der Waals surface area (Å²) < 4.78 is 0. The maximum atomic E-state index is 11.7. The fourth-order valence-corrected chi connectivity index (χ4v) is 5.23. The molecule has 2 saturated carbocycles. The van der Waals surface area contributed by atoms with Crippen LogP contribution in [0.4, 0.5) is 0 Å². The summed E-state index contributed by atoms with van der Waals surface area (Å²) in [5.74, 6) is 0.743. The average molecular weight is 299 g/mol. The van der Waals surface area contributed by atoms with Gasteiger partial charge < -0.3 is 17.2 Å². The third-order valence-corrected chi connectivity index (χ3v) is 6.64. The lowest BCUT2D eigenvalue weighted by molar-refractivity contribution is -0.110. The van der Waals surface area contributed by atoms with E-state index in [0.717, 1.165) is 44.1 Å². The summed E-state index contributed by atoms with van der Waals surface area (Å²) in [5.41, 5.74) is 21.6. The van der Waals surface area contributed by atoms with E-state index in [1.807, 2.05) is 6.08 Å². The van der Waals surface area contributed by atoms with Crippen LogP contribution in [-0.4, -0.2) is 22.9 Å². The van der Waals surface area contributed by atoms with Crippen molar-refractivity contribution in [2.24, 2.45) is 29.0 Å². The normalized spacial score (nSPS) is 47.0. The first-order chi connectivity index (χ1) is 10.4. The number of fused-ring (bicyclic) bond motifs is 4. The van der Waals surface area contributed by atoms with Gasteiger partial charge >= 0.3 is 0 Å². The standard InChI is InChI=1S/C18H25N3O/c19-16-6-8-17(20)15-4-2-11-1-3-14(22)10-13(11)9-12(15)5-7-18(16,17)21/h1,3,9-11,15-16H,2,4-8,19-21H2/t11?,15?,16-,17+,18-/m0/s1. The summed E-state index contributed by atoms with van der Waals surface area (Å²) in [6.07, 6.45) is 13.5. The summed E-state index contributed by atoms with van der Waals surface area (Å²) in [6, 6.07) is 0.00488. The van der Waals surface area contributed by atoms with Crippen molar-refractivity contribution in [3.05, 3.63) is 35.5 Å². The fourth-order valence-electron chi connectivity index (χ4n) is 5.23. The molecule has 0 amide bonds. The van der Waals surface area contributed by atoms with Gasteiger partial charge in [0.1, 0.15) is 0 Å². The van der Waals surface area contributed by atoms with Crippen LogP contribution in [-0.2, 0) is 4.79 Å². The zero-order chi connectivity index (χ0) is 15.5. The summed E-state index contributed by atoms with van der Waals surface area (Å²) >= 11 is 0. The van der Waals surface area contributed by atoms with Crippen LogP contribution < -0.4 is 17.2 Å². The highest BCUT2D eigenvalue weighted by Gasteiger charge is 2.60. The molecule has 6 N–H and O–H groups in total. The second-order valence-electron chi connectivity index (χ2n) is 7.59. The number of rotatable bonds is 0. The summed E-state index contributed by atoms with van der Waals surface area (Å²) in [7, 11) is 0. The highest BCUT2D eigenvalue weighted by atomic mass is 16.1. The third-order valence-electron chi connectivity index (χ3n) is 6.64. The molecule has 0 radical (unpaired) electrons. The minimum absolute atomic E-state index is 0.00488. The van der Waals surface area contributed by atoms with Gasteiger partial charge in [0.15, 0.2) is 5.78 Å². The first kappa shape index (κ1) is 14.4. The van der Waals surface area contributed by atoms with Gasteiger partial charge in [0.05, 0.1) is 0 Å². The van der Waals surface area contributed by atoms with Crippen molar-refractivity contribution in [2.75, 3.05) is 0 Å². The van der Waals surface area contributed by atoms with Crippen LogP contribution in [0.25, 0.3) is 0 Å². The molecule has 0 aromatic heterocycles. The Morgan fingerprint density at radius 2 is 1.86 bits per heavy atom. The number of hydrogen-bond acceptors (Lipinski definition) is 4. The molecular formula is C18H25N3O. The van der Waals surface area contributed by atoms with Crippen molar-refractivity contribution in [1.82, 2.24) is 0 Å². The predicted octanol–water partition coefficient (Wildman–Crippen LogP) is 1.31. The van der Waals surface area contributed by atoms with Crippen molar-refractivity contribution in [2.45, 2.75) is 55.6 Å². The van der Waals surface area contributed by atoms with Crippen LogP contribution in [0.2, 0.25) is 0 Å². The van der Waals surface area contributed by atoms with Crippen LogP contribution in [0.15, 0.2) is 35.5 Å². The SMILES string of the molecule is N[C@H]1CC[C@@]2(N)C3CCC4C=CC(=O)C=C4C=C3CC[C@]12N. The molecule has 4 nitrogen and oxygen atoms in total. The van der Waals surface area contributed by atoms with E-state index in [9.17, 15) is 4.79 Å². The van der Waals surface area contributed by atoms with E-state index in [4.69, 9.17) is 17.2 Å². The second kappa shape index (κ2) is 4.63. The Morgan fingerprint density at radius 3 is 2.68 bits per heavy atom. The Bertz CT molecular complexity index is 620. The number of carbonyl (C=O) groups is 1. The predicted molar refractivity (Wildman–Crippen MR) is 86.8 cm³/mol. The number of allylic oxidation sites excluding steroid dienone is 5. The third kappa shape index (κ3) is 1.78. The molecule has 0 aromatic rings. The van der Waals surface area contributed by atoms with E-state index < -0.39 is 11.1 Å². The Hall–Kier alpha value is -1.23. The smallest absolute Gasteiger partial charge is 0.178 e. The van der Waals surface area contributed by atoms with Gasteiger partial charge in [-0.25, -0.2) is 0 Å². The van der Waals surface area contributed by atoms with Crippen molar-refractivity contribution >= 4 is 5.78 Å². The van der Waals surface area contributed by atoms with Crippen LogP contribution in [0.1, 0.15) is 38.5 Å². The van der Waals surface area contributed by atoms with Crippen LogP contribution in [0, 0.1) is 11.8 Å². The first-order valence-corrected chi connectivity index (χ1v) is 8.41. The highest BCUT2D eigenvalue weighted by Crippen LogP contribution is 2.53. The Labute approximate surface area is 131 Å². The van der Waals surface area contributed by atoms with Crippen molar-refractivity contribution in [1.29, 1.82) is 0 Å². The van der Waals surface area contributed by atoms with E-state index in [-0.39, 0.29) is 11.8 Å². The maximum absolute atomic E-state index is 11.7. The minimum Gasteiger partial charge on any atom is -0.326 e. The molecule has 4 aliphatic rings. The lowest BCUT2D eigenvalue weighted by atomic mass is 9.60. The molecular weight excluding hydrogens is 274 g/mol. The molecule has 0 aromatic carbocycles. The highest BCUT2D eigenvalue weighted by molar-refractivity contribution is 6.01. The number of carbonyl (C=O) groups excluding carboxylic acids is 1. The molecule has 118 valence electrons. The monoisotopic (exact) mass is 299 g/mol. The molecule has 22 heavy (non-hydrogen) atoms. The molecule has 4 rings (SSSR count). The minimum atomic E-state index is -0.440. The van der Waals surface area contributed by atoms with Gasteiger partial charge in [-0.3, -0.25) is 4.79 Å². The molecule has 0 spiro atoms. The van der Waals surface area contributed by atoms with E-state index in [1.165, 1.54) is 5.57 Å². The van der Waals surface area contributed by atoms with Crippen molar-refractivity contribution in [3.8, 4) is 0 Å². The quantitative estimate of drug-likeness (QED) is 0.628. The maximum Gasteiger partial charge on any atom is 0.178 e. The number of hydrogen-bond donors (Lipinski definition) is 3. The molecule has 4 heteroatoms. The number of ketones is 1. The van der Waals surface area contributed by atoms with Gasteiger partial charge in [0.2, 0.25) is 0 Å². The van der Waals surface area contributed by atoms with E-state index in [0.29, 0.717) is 11.8 Å². The zero-order valence-corrected chi connectivity index (χ0v) is 12.9. The lowest BCUT2D eigenvalue weighted by Crippen LogP contribution is -2.73. The van der Waals surface area contributed by atoms with Gasteiger partial charge in [-0.1, -0.05) is 17.7 Å². The van der Waals surface area contributed by atoms with Gasteiger partial charge in [-0.05, 0) is 62.2 Å². The van der Waals surface area contributed by atoms with Gasteiger partial charge in [0.25, 0.3) is 0 Å². The summed E-state index contributed by atoms with van der Waals surface area (Å²) in [5, 5.41) is 0. The van der Waals surface area contributed by atoms with Crippen LogP contribution >= 0.6 is 0 Å². The topological polar surface area (TPSA) is 95.1 Å².